The number of hydrogen-bond donors (Lipinski definition) is 0. The SMILES string of the molecule is CCCCC1CC2C=CC1N(C(=O)OCc1ccccc1)C2. The lowest BCUT2D eigenvalue weighted by atomic mass is 9.75. The minimum Gasteiger partial charge on any atom is -0.445 e. The van der Waals surface area contributed by atoms with Gasteiger partial charge in [-0.05, 0) is 30.2 Å². The van der Waals surface area contributed by atoms with Gasteiger partial charge in [0.15, 0.2) is 0 Å². The van der Waals surface area contributed by atoms with Crippen LogP contribution in [0.15, 0.2) is 42.5 Å². The number of amides is 1. The minimum atomic E-state index is -0.163. The molecule has 0 spiro atoms. The smallest absolute Gasteiger partial charge is 0.410 e. The molecule has 0 radical (unpaired) electrons. The summed E-state index contributed by atoms with van der Waals surface area (Å²) in [5.74, 6) is 1.11. The molecule has 118 valence electrons. The lowest BCUT2D eigenvalue weighted by molar-refractivity contribution is 0.0427. The number of benzene rings is 1. The Morgan fingerprint density at radius 3 is 2.82 bits per heavy atom. The van der Waals surface area contributed by atoms with Crippen molar-refractivity contribution in [3.05, 3.63) is 48.0 Å². The van der Waals surface area contributed by atoms with E-state index in [0.29, 0.717) is 18.4 Å². The highest BCUT2D eigenvalue weighted by Crippen LogP contribution is 2.37. The molecular weight excluding hydrogens is 274 g/mol. The first-order valence-corrected chi connectivity index (χ1v) is 8.43. The predicted octanol–water partition coefficient (Wildman–Crippen LogP) is 4.39. The number of rotatable bonds is 5. The van der Waals surface area contributed by atoms with Crippen molar-refractivity contribution >= 4 is 6.09 Å². The van der Waals surface area contributed by atoms with Crippen LogP contribution in [0.5, 0.6) is 0 Å². The molecule has 3 nitrogen and oxygen atoms in total. The summed E-state index contributed by atoms with van der Waals surface area (Å²) >= 11 is 0. The molecule has 1 saturated heterocycles. The zero-order valence-electron chi connectivity index (χ0n) is 13.3. The fourth-order valence-electron chi connectivity index (χ4n) is 3.66. The van der Waals surface area contributed by atoms with Gasteiger partial charge in [0, 0.05) is 6.54 Å². The van der Waals surface area contributed by atoms with Gasteiger partial charge >= 0.3 is 6.09 Å². The molecule has 1 aliphatic carbocycles. The average molecular weight is 299 g/mol. The molecule has 3 heteroatoms. The van der Waals surface area contributed by atoms with E-state index in [0.717, 1.165) is 12.1 Å². The van der Waals surface area contributed by atoms with Crippen molar-refractivity contribution in [1.82, 2.24) is 4.90 Å². The maximum Gasteiger partial charge on any atom is 0.410 e. The third-order valence-electron chi connectivity index (χ3n) is 4.83. The second kappa shape index (κ2) is 6.99. The first kappa shape index (κ1) is 15.1. The Balaban J connectivity index is 1.59. The Labute approximate surface area is 133 Å². The van der Waals surface area contributed by atoms with Gasteiger partial charge in [0.25, 0.3) is 0 Å². The van der Waals surface area contributed by atoms with Crippen molar-refractivity contribution < 1.29 is 9.53 Å². The van der Waals surface area contributed by atoms with Crippen LogP contribution in [0.25, 0.3) is 0 Å². The predicted molar refractivity (Wildman–Crippen MR) is 87.4 cm³/mol. The molecule has 2 aliphatic heterocycles. The quantitative estimate of drug-likeness (QED) is 0.755. The fraction of sp³-hybridized carbons (Fsp3) is 0.526. The number of nitrogens with zero attached hydrogens (tertiary/aromatic N) is 1. The Morgan fingerprint density at radius 1 is 1.27 bits per heavy atom. The maximum atomic E-state index is 12.5. The molecular formula is C19H25NO2. The molecule has 0 N–H and O–H groups in total. The summed E-state index contributed by atoms with van der Waals surface area (Å²) in [7, 11) is 0. The molecule has 3 aliphatic rings. The number of carbonyl (C=O) groups is 1. The van der Waals surface area contributed by atoms with E-state index >= 15 is 0 Å². The summed E-state index contributed by atoms with van der Waals surface area (Å²) in [6.45, 7) is 3.40. The molecule has 4 rings (SSSR count). The van der Waals surface area contributed by atoms with Crippen molar-refractivity contribution in [3.8, 4) is 0 Å². The Kier molecular flexibility index (Phi) is 4.81. The van der Waals surface area contributed by atoms with Gasteiger partial charge in [-0.25, -0.2) is 4.79 Å². The third kappa shape index (κ3) is 3.34. The van der Waals surface area contributed by atoms with Crippen LogP contribution in [0.4, 0.5) is 4.79 Å². The number of ether oxygens (including phenoxy) is 1. The molecule has 1 aromatic carbocycles. The van der Waals surface area contributed by atoms with Crippen molar-refractivity contribution in [2.75, 3.05) is 6.54 Å². The van der Waals surface area contributed by atoms with E-state index in [1.165, 1.54) is 25.7 Å². The Morgan fingerprint density at radius 2 is 2.09 bits per heavy atom. The summed E-state index contributed by atoms with van der Waals surface area (Å²) in [6, 6.07) is 10.1. The highest BCUT2D eigenvalue weighted by atomic mass is 16.6. The molecule has 2 bridgehead atoms. The lowest BCUT2D eigenvalue weighted by Crippen LogP contribution is -2.53. The van der Waals surface area contributed by atoms with Gasteiger partial charge in [0.2, 0.25) is 0 Å². The van der Waals surface area contributed by atoms with Gasteiger partial charge in [-0.2, -0.15) is 0 Å². The zero-order chi connectivity index (χ0) is 15.4. The van der Waals surface area contributed by atoms with E-state index in [1.807, 2.05) is 35.2 Å². The second-order valence-corrected chi connectivity index (χ2v) is 6.47. The summed E-state index contributed by atoms with van der Waals surface area (Å²) in [4.78, 5) is 14.4. The third-order valence-corrected chi connectivity index (χ3v) is 4.83. The maximum absolute atomic E-state index is 12.5. The van der Waals surface area contributed by atoms with Gasteiger partial charge in [-0.3, -0.25) is 0 Å². The van der Waals surface area contributed by atoms with Crippen molar-refractivity contribution in [2.45, 2.75) is 45.3 Å². The summed E-state index contributed by atoms with van der Waals surface area (Å²) in [6.07, 6.45) is 9.25. The Bertz CT molecular complexity index is 525. The van der Waals surface area contributed by atoms with Gasteiger partial charge in [0.05, 0.1) is 6.04 Å². The summed E-state index contributed by atoms with van der Waals surface area (Å²) in [5.41, 5.74) is 1.04. The highest BCUT2D eigenvalue weighted by Gasteiger charge is 2.39. The van der Waals surface area contributed by atoms with E-state index < -0.39 is 0 Å². The van der Waals surface area contributed by atoms with E-state index in [9.17, 15) is 4.79 Å². The van der Waals surface area contributed by atoms with E-state index in [-0.39, 0.29) is 12.1 Å². The van der Waals surface area contributed by atoms with Crippen molar-refractivity contribution in [1.29, 1.82) is 0 Å². The largest absolute Gasteiger partial charge is 0.445 e. The first-order chi connectivity index (χ1) is 10.8. The molecule has 0 saturated carbocycles. The topological polar surface area (TPSA) is 29.5 Å². The van der Waals surface area contributed by atoms with Crippen LogP contribution in [0, 0.1) is 11.8 Å². The average Bonchev–Trinajstić information content (AvgIpc) is 2.59. The highest BCUT2D eigenvalue weighted by molar-refractivity contribution is 5.69. The minimum absolute atomic E-state index is 0.163. The molecule has 2 heterocycles. The van der Waals surface area contributed by atoms with Crippen molar-refractivity contribution in [2.24, 2.45) is 11.8 Å². The van der Waals surface area contributed by atoms with Crippen LogP contribution < -0.4 is 0 Å². The second-order valence-electron chi connectivity index (χ2n) is 6.47. The molecule has 1 amide bonds. The number of carbonyl (C=O) groups excluding carboxylic acids is 1. The van der Waals surface area contributed by atoms with Crippen LogP contribution in [0.3, 0.4) is 0 Å². The first-order valence-electron chi connectivity index (χ1n) is 8.43. The zero-order valence-corrected chi connectivity index (χ0v) is 13.3. The van der Waals surface area contributed by atoms with E-state index in [2.05, 4.69) is 19.1 Å². The molecule has 3 unspecified atom stereocenters. The standard InChI is InChI=1S/C19H25NO2/c1-2-3-9-17-12-16-10-11-18(17)20(13-16)19(21)22-14-15-7-5-4-6-8-15/h4-8,10-11,16-18H,2-3,9,12-14H2,1H3. The molecule has 1 aromatic rings. The van der Waals surface area contributed by atoms with Crippen LogP contribution in [-0.4, -0.2) is 23.6 Å². The van der Waals surface area contributed by atoms with E-state index in [1.54, 1.807) is 0 Å². The van der Waals surface area contributed by atoms with Crippen LogP contribution in [0.1, 0.15) is 38.2 Å². The normalized spacial score (nSPS) is 26.2. The van der Waals surface area contributed by atoms with Gasteiger partial charge < -0.3 is 9.64 Å². The van der Waals surface area contributed by atoms with Gasteiger partial charge in [0.1, 0.15) is 6.61 Å². The number of hydrogen-bond acceptors (Lipinski definition) is 2. The number of piperidine rings is 1. The molecule has 1 fully saturated rings. The summed E-state index contributed by atoms with van der Waals surface area (Å²) < 4.78 is 5.53. The van der Waals surface area contributed by atoms with Crippen LogP contribution >= 0.6 is 0 Å². The molecule has 3 atom stereocenters. The van der Waals surface area contributed by atoms with Crippen LogP contribution in [0.2, 0.25) is 0 Å². The number of unbranched alkanes of at least 4 members (excludes halogenated alkanes) is 1. The van der Waals surface area contributed by atoms with Gasteiger partial charge in [-0.15, -0.1) is 0 Å². The molecule has 22 heavy (non-hydrogen) atoms. The molecule has 0 aromatic heterocycles. The lowest BCUT2D eigenvalue weighted by Gasteiger charge is -2.45. The van der Waals surface area contributed by atoms with Gasteiger partial charge in [-0.1, -0.05) is 62.2 Å². The fourth-order valence-corrected chi connectivity index (χ4v) is 3.66. The monoisotopic (exact) mass is 299 g/mol. The van der Waals surface area contributed by atoms with Crippen molar-refractivity contribution in [3.63, 3.8) is 0 Å². The Hall–Kier alpha value is -1.77. The summed E-state index contributed by atoms with van der Waals surface area (Å²) in [5, 5.41) is 0. The van der Waals surface area contributed by atoms with E-state index in [4.69, 9.17) is 4.74 Å². The number of fused-ring (bicyclic) bond motifs is 2. The van der Waals surface area contributed by atoms with Crippen LogP contribution in [-0.2, 0) is 11.3 Å².